The molecule has 1 N–H and O–H groups in total. The zero-order valence-corrected chi connectivity index (χ0v) is 10.7. The number of piperidine rings is 1. The van der Waals surface area contributed by atoms with Gasteiger partial charge in [-0.25, -0.2) is 0 Å². The molecule has 3 heteroatoms. The maximum absolute atomic E-state index is 11.3. The first-order valence-corrected chi connectivity index (χ1v) is 5.93. The number of carbonyl (C=O) groups is 1. The highest BCUT2D eigenvalue weighted by atomic mass is 16.5. The van der Waals surface area contributed by atoms with E-state index in [2.05, 4.69) is 19.2 Å². The quantitative estimate of drug-likeness (QED) is 0.717. The molecule has 0 aliphatic carbocycles. The topological polar surface area (TPSA) is 38.3 Å². The molecular formula is C12H25NO2. The minimum atomic E-state index is -0.0714. The van der Waals surface area contributed by atoms with Crippen LogP contribution in [0.2, 0.25) is 0 Å². The predicted octanol–water partition coefficient (Wildman–Crippen LogP) is 2.07. The summed E-state index contributed by atoms with van der Waals surface area (Å²) in [5, 5.41) is 3.28. The minimum Gasteiger partial charge on any atom is -0.469 e. The fraction of sp³-hybridized carbons (Fsp3) is 0.917. The lowest BCUT2D eigenvalue weighted by atomic mass is 9.83. The van der Waals surface area contributed by atoms with Crippen LogP contribution in [-0.4, -0.2) is 26.2 Å². The molecule has 15 heavy (non-hydrogen) atoms. The number of ether oxygens (including phenoxy) is 1. The van der Waals surface area contributed by atoms with Gasteiger partial charge in [-0.1, -0.05) is 27.7 Å². The molecule has 2 atom stereocenters. The normalized spacial score (nSPS) is 25.5. The minimum absolute atomic E-state index is 0.0612. The van der Waals surface area contributed by atoms with Gasteiger partial charge in [0.05, 0.1) is 13.0 Å². The Morgan fingerprint density at radius 3 is 2.40 bits per heavy atom. The first-order valence-electron chi connectivity index (χ1n) is 5.93. The highest BCUT2D eigenvalue weighted by Gasteiger charge is 2.28. The highest BCUT2D eigenvalue weighted by Crippen LogP contribution is 2.23. The van der Waals surface area contributed by atoms with Gasteiger partial charge in [0, 0.05) is 6.54 Å². The molecule has 0 aromatic carbocycles. The summed E-state index contributed by atoms with van der Waals surface area (Å²) in [6.07, 6.45) is 0.970. The van der Waals surface area contributed by atoms with Crippen molar-refractivity contribution in [1.82, 2.24) is 5.32 Å². The van der Waals surface area contributed by atoms with Crippen LogP contribution < -0.4 is 5.32 Å². The van der Waals surface area contributed by atoms with Crippen molar-refractivity contribution in [3.63, 3.8) is 0 Å². The summed E-state index contributed by atoms with van der Waals surface area (Å²) < 4.78 is 4.74. The van der Waals surface area contributed by atoms with E-state index in [9.17, 15) is 4.79 Å². The monoisotopic (exact) mass is 215 g/mol. The second kappa shape index (κ2) is 7.69. The zero-order valence-electron chi connectivity index (χ0n) is 10.7. The summed E-state index contributed by atoms with van der Waals surface area (Å²) >= 11 is 0. The lowest BCUT2D eigenvalue weighted by Gasteiger charge is -2.30. The Morgan fingerprint density at radius 1 is 1.33 bits per heavy atom. The van der Waals surface area contributed by atoms with Gasteiger partial charge in [-0.15, -0.1) is 0 Å². The lowest BCUT2D eigenvalue weighted by Crippen LogP contribution is -2.41. The van der Waals surface area contributed by atoms with Crippen molar-refractivity contribution < 1.29 is 9.53 Å². The second-order valence-electron chi connectivity index (χ2n) is 4.12. The van der Waals surface area contributed by atoms with Crippen LogP contribution in [0.3, 0.4) is 0 Å². The van der Waals surface area contributed by atoms with Gasteiger partial charge >= 0.3 is 5.97 Å². The summed E-state index contributed by atoms with van der Waals surface area (Å²) in [4.78, 5) is 11.3. The van der Waals surface area contributed by atoms with E-state index in [1.807, 2.05) is 13.8 Å². The molecule has 1 fully saturated rings. The molecule has 0 aromatic heterocycles. The van der Waals surface area contributed by atoms with E-state index < -0.39 is 0 Å². The van der Waals surface area contributed by atoms with E-state index in [-0.39, 0.29) is 11.9 Å². The van der Waals surface area contributed by atoms with Gasteiger partial charge in [0.15, 0.2) is 0 Å². The largest absolute Gasteiger partial charge is 0.469 e. The van der Waals surface area contributed by atoms with E-state index in [4.69, 9.17) is 4.74 Å². The predicted molar refractivity (Wildman–Crippen MR) is 62.7 cm³/mol. The van der Waals surface area contributed by atoms with E-state index in [1.54, 1.807) is 0 Å². The molecule has 0 bridgehead atoms. The molecule has 0 spiro atoms. The summed E-state index contributed by atoms with van der Waals surface area (Å²) in [6, 6.07) is 0. The average molecular weight is 215 g/mol. The van der Waals surface area contributed by atoms with Crippen LogP contribution in [0.1, 0.15) is 34.1 Å². The molecule has 0 amide bonds. The number of methoxy groups -OCH3 is 1. The zero-order chi connectivity index (χ0) is 11.8. The molecule has 1 aliphatic rings. The standard InChI is InChI=1S/C10H19NO2.C2H6/c1-7(2)8-4-9(6-11-5-8)10(12)13-3;1-2/h7-9,11H,4-6H2,1-3H3;1-2H3. The van der Waals surface area contributed by atoms with E-state index >= 15 is 0 Å². The summed E-state index contributed by atoms with van der Waals surface area (Å²) in [6.45, 7) is 10.2. The third-order valence-electron chi connectivity index (χ3n) is 2.86. The fourth-order valence-electron chi connectivity index (χ4n) is 1.83. The highest BCUT2D eigenvalue weighted by molar-refractivity contribution is 5.72. The number of carbonyl (C=O) groups excluding carboxylic acids is 1. The summed E-state index contributed by atoms with van der Waals surface area (Å²) in [5.41, 5.74) is 0. The Morgan fingerprint density at radius 2 is 1.93 bits per heavy atom. The SMILES string of the molecule is CC.COC(=O)C1CNCC(C(C)C)C1. The molecule has 1 saturated heterocycles. The Kier molecular flexibility index (Phi) is 7.39. The summed E-state index contributed by atoms with van der Waals surface area (Å²) in [7, 11) is 1.46. The molecule has 1 rings (SSSR count). The number of esters is 1. The first kappa shape index (κ1) is 14.4. The van der Waals surface area contributed by atoms with Gasteiger partial charge in [0.2, 0.25) is 0 Å². The molecule has 1 aliphatic heterocycles. The number of hydrogen-bond acceptors (Lipinski definition) is 3. The van der Waals surface area contributed by atoms with Gasteiger partial charge in [-0.3, -0.25) is 4.79 Å². The molecule has 0 saturated carbocycles. The van der Waals surface area contributed by atoms with Crippen molar-refractivity contribution in [2.24, 2.45) is 17.8 Å². The Balaban J connectivity index is 0.000000921. The van der Waals surface area contributed by atoms with Gasteiger partial charge in [-0.05, 0) is 24.8 Å². The van der Waals surface area contributed by atoms with Crippen LogP contribution in [0, 0.1) is 17.8 Å². The van der Waals surface area contributed by atoms with Crippen LogP contribution >= 0.6 is 0 Å². The third-order valence-corrected chi connectivity index (χ3v) is 2.86. The van der Waals surface area contributed by atoms with Crippen molar-refractivity contribution in [3.05, 3.63) is 0 Å². The third kappa shape index (κ3) is 4.65. The molecule has 1 heterocycles. The van der Waals surface area contributed by atoms with Gasteiger partial charge < -0.3 is 10.1 Å². The molecule has 3 nitrogen and oxygen atoms in total. The number of nitrogens with one attached hydrogen (secondary N) is 1. The maximum Gasteiger partial charge on any atom is 0.309 e. The van der Waals surface area contributed by atoms with Crippen LogP contribution in [0.15, 0.2) is 0 Å². The Hall–Kier alpha value is -0.570. The second-order valence-corrected chi connectivity index (χ2v) is 4.12. The van der Waals surface area contributed by atoms with Crippen molar-refractivity contribution in [3.8, 4) is 0 Å². The molecule has 0 aromatic rings. The van der Waals surface area contributed by atoms with Crippen LogP contribution in [0.4, 0.5) is 0 Å². The Bertz CT molecular complexity index is 180. The number of rotatable bonds is 2. The summed E-state index contributed by atoms with van der Waals surface area (Å²) in [5.74, 6) is 1.24. The van der Waals surface area contributed by atoms with E-state index in [0.29, 0.717) is 11.8 Å². The van der Waals surface area contributed by atoms with Gasteiger partial charge in [-0.2, -0.15) is 0 Å². The van der Waals surface area contributed by atoms with Crippen molar-refractivity contribution in [2.45, 2.75) is 34.1 Å². The van der Waals surface area contributed by atoms with Gasteiger partial charge in [0.1, 0.15) is 0 Å². The fourth-order valence-corrected chi connectivity index (χ4v) is 1.83. The van der Waals surface area contributed by atoms with E-state index in [0.717, 1.165) is 19.5 Å². The van der Waals surface area contributed by atoms with Crippen molar-refractivity contribution in [1.29, 1.82) is 0 Å². The Labute approximate surface area is 93.6 Å². The van der Waals surface area contributed by atoms with Crippen molar-refractivity contribution >= 4 is 5.97 Å². The van der Waals surface area contributed by atoms with Crippen LogP contribution in [-0.2, 0) is 9.53 Å². The maximum atomic E-state index is 11.3. The molecule has 2 unspecified atom stereocenters. The molecular weight excluding hydrogens is 190 g/mol. The molecule has 90 valence electrons. The smallest absolute Gasteiger partial charge is 0.309 e. The molecule has 0 radical (unpaired) electrons. The number of hydrogen-bond donors (Lipinski definition) is 1. The average Bonchev–Trinajstić information content (AvgIpc) is 2.30. The van der Waals surface area contributed by atoms with Gasteiger partial charge in [0.25, 0.3) is 0 Å². The van der Waals surface area contributed by atoms with Crippen LogP contribution in [0.25, 0.3) is 0 Å². The lowest BCUT2D eigenvalue weighted by molar-refractivity contribution is -0.146. The van der Waals surface area contributed by atoms with Crippen LogP contribution in [0.5, 0.6) is 0 Å². The van der Waals surface area contributed by atoms with Crippen molar-refractivity contribution in [2.75, 3.05) is 20.2 Å². The van der Waals surface area contributed by atoms with E-state index in [1.165, 1.54) is 7.11 Å². The first-order chi connectivity index (χ1) is 7.15.